The summed E-state index contributed by atoms with van der Waals surface area (Å²) in [6, 6.07) is 9.23. The Kier molecular flexibility index (Phi) is 3.34. The standard InChI is InChI=1S/C12H14N2O2/c15-7-9(8-16)14-12-5-6-13-11-4-2-1-3-10(11)12/h1-6,9,15-16H,7-8H2,(H,13,14). The van der Waals surface area contributed by atoms with Crippen LogP contribution in [0.4, 0.5) is 5.69 Å². The van der Waals surface area contributed by atoms with Crippen molar-refractivity contribution in [3.63, 3.8) is 0 Å². The number of pyridine rings is 1. The van der Waals surface area contributed by atoms with E-state index in [4.69, 9.17) is 10.2 Å². The summed E-state index contributed by atoms with van der Waals surface area (Å²) in [7, 11) is 0. The highest BCUT2D eigenvalue weighted by Gasteiger charge is 2.07. The van der Waals surface area contributed by atoms with Gasteiger partial charge < -0.3 is 15.5 Å². The lowest BCUT2D eigenvalue weighted by Crippen LogP contribution is -2.27. The van der Waals surface area contributed by atoms with Crippen LogP contribution in [0, 0.1) is 0 Å². The Morgan fingerprint density at radius 1 is 1.12 bits per heavy atom. The third kappa shape index (κ3) is 2.13. The SMILES string of the molecule is OCC(CO)Nc1ccnc2ccccc12. The number of fused-ring (bicyclic) bond motifs is 1. The van der Waals surface area contributed by atoms with Crippen LogP contribution in [0.25, 0.3) is 10.9 Å². The smallest absolute Gasteiger partial charge is 0.0723 e. The number of nitrogens with one attached hydrogen (secondary N) is 1. The van der Waals surface area contributed by atoms with Crippen molar-refractivity contribution >= 4 is 16.6 Å². The van der Waals surface area contributed by atoms with Crippen LogP contribution < -0.4 is 5.32 Å². The summed E-state index contributed by atoms with van der Waals surface area (Å²) in [5, 5.41) is 22.1. The molecule has 0 aliphatic rings. The first-order chi connectivity index (χ1) is 7.85. The summed E-state index contributed by atoms with van der Waals surface area (Å²) < 4.78 is 0. The maximum atomic E-state index is 9.02. The summed E-state index contributed by atoms with van der Waals surface area (Å²) in [5.41, 5.74) is 1.76. The van der Waals surface area contributed by atoms with Crippen LogP contribution in [0.3, 0.4) is 0 Å². The molecule has 1 heterocycles. The molecule has 16 heavy (non-hydrogen) atoms. The molecule has 0 amide bonds. The van der Waals surface area contributed by atoms with Crippen molar-refractivity contribution in [2.45, 2.75) is 6.04 Å². The predicted octanol–water partition coefficient (Wildman–Crippen LogP) is 1.000. The van der Waals surface area contributed by atoms with E-state index in [0.717, 1.165) is 16.6 Å². The van der Waals surface area contributed by atoms with Crippen LogP contribution in [0.15, 0.2) is 36.5 Å². The molecule has 0 unspecified atom stereocenters. The zero-order valence-corrected chi connectivity index (χ0v) is 8.80. The van der Waals surface area contributed by atoms with Crippen molar-refractivity contribution in [1.29, 1.82) is 0 Å². The summed E-state index contributed by atoms with van der Waals surface area (Å²) in [6.07, 6.45) is 1.70. The normalized spacial score (nSPS) is 10.9. The fraction of sp³-hybridized carbons (Fsp3) is 0.250. The molecule has 0 atom stereocenters. The Balaban J connectivity index is 2.36. The van der Waals surface area contributed by atoms with Crippen molar-refractivity contribution in [3.05, 3.63) is 36.5 Å². The molecule has 0 aliphatic carbocycles. The molecule has 0 bridgehead atoms. The zero-order chi connectivity index (χ0) is 11.4. The maximum Gasteiger partial charge on any atom is 0.0723 e. The number of aliphatic hydroxyl groups is 2. The van der Waals surface area contributed by atoms with Gasteiger partial charge in [-0.05, 0) is 12.1 Å². The minimum atomic E-state index is -0.342. The second-order valence-corrected chi connectivity index (χ2v) is 3.58. The van der Waals surface area contributed by atoms with Gasteiger partial charge >= 0.3 is 0 Å². The minimum absolute atomic E-state index is 0.104. The number of hydrogen-bond donors (Lipinski definition) is 3. The number of anilines is 1. The van der Waals surface area contributed by atoms with E-state index in [1.54, 1.807) is 6.20 Å². The molecule has 1 aromatic heterocycles. The highest BCUT2D eigenvalue weighted by Crippen LogP contribution is 2.21. The van der Waals surface area contributed by atoms with Crippen molar-refractivity contribution in [1.82, 2.24) is 4.98 Å². The molecule has 0 spiro atoms. The molecule has 0 radical (unpaired) electrons. The highest BCUT2D eigenvalue weighted by atomic mass is 16.3. The lowest BCUT2D eigenvalue weighted by atomic mass is 10.1. The Morgan fingerprint density at radius 3 is 2.62 bits per heavy atom. The van der Waals surface area contributed by atoms with Crippen LogP contribution in [0.2, 0.25) is 0 Å². The monoisotopic (exact) mass is 218 g/mol. The van der Waals surface area contributed by atoms with E-state index >= 15 is 0 Å². The third-order valence-corrected chi connectivity index (χ3v) is 2.45. The molecule has 4 nitrogen and oxygen atoms in total. The molecule has 3 N–H and O–H groups in total. The first-order valence-corrected chi connectivity index (χ1v) is 5.17. The topological polar surface area (TPSA) is 65.4 Å². The van der Waals surface area contributed by atoms with Crippen molar-refractivity contribution in [3.8, 4) is 0 Å². The van der Waals surface area contributed by atoms with Crippen LogP contribution in [-0.2, 0) is 0 Å². The lowest BCUT2D eigenvalue weighted by Gasteiger charge is -2.16. The van der Waals surface area contributed by atoms with E-state index in [0.29, 0.717) is 0 Å². The Morgan fingerprint density at radius 2 is 1.88 bits per heavy atom. The molecule has 4 heteroatoms. The van der Waals surface area contributed by atoms with E-state index in [1.165, 1.54) is 0 Å². The van der Waals surface area contributed by atoms with E-state index in [9.17, 15) is 0 Å². The molecule has 0 saturated heterocycles. The van der Waals surface area contributed by atoms with Gasteiger partial charge in [0.05, 0.1) is 24.8 Å². The Labute approximate surface area is 93.6 Å². The summed E-state index contributed by atoms with van der Waals surface area (Å²) in [6.45, 7) is -0.208. The largest absolute Gasteiger partial charge is 0.394 e. The van der Waals surface area contributed by atoms with E-state index in [2.05, 4.69) is 10.3 Å². The van der Waals surface area contributed by atoms with Crippen LogP contribution in [-0.4, -0.2) is 34.5 Å². The maximum absolute atomic E-state index is 9.02. The Hall–Kier alpha value is -1.65. The van der Waals surface area contributed by atoms with Crippen LogP contribution >= 0.6 is 0 Å². The van der Waals surface area contributed by atoms with Gasteiger partial charge in [-0.3, -0.25) is 4.98 Å². The average molecular weight is 218 g/mol. The molecule has 0 fully saturated rings. The molecule has 0 saturated carbocycles. The van der Waals surface area contributed by atoms with E-state index in [-0.39, 0.29) is 19.3 Å². The molecular weight excluding hydrogens is 204 g/mol. The first kappa shape index (κ1) is 10.9. The lowest BCUT2D eigenvalue weighted by molar-refractivity contribution is 0.204. The van der Waals surface area contributed by atoms with Crippen molar-refractivity contribution in [2.24, 2.45) is 0 Å². The van der Waals surface area contributed by atoms with E-state index in [1.807, 2.05) is 30.3 Å². The molecule has 1 aromatic carbocycles. The summed E-state index contributed by atoms with van der Waals surface area (Å²) in [4.78, 5) is 4.24. The second-order valence-electron chi connectivity index (χ2n) is 3.58. The van der Waals surface area contributed by atoms with Gasteiger partial charge in [0, 0.05) is 17.3 Å². The van der Waals surface area contributed by atoms with Gasteiger partial charge in [-0.25, -0.2) is 0 Å². The molecule has 84 valence electrons. The fourth-order valence-electron chi connectivity index (χ4n) is 1.59. The predicted molar refractivity (Wildman–Crippen MR) is 63.3 cm³/mol. The van der Waals surface area contributed by atoms with Crippen molar-refractivity contribution < 1.29 is 10.2 Å². The van der Waals surface area contributed by atoms with Gasteiger partial charge in [-0.1, -0.05) is 18.2 Å². The number of nitrogens with zero attached hydrogens (tertiary/aromatic N) is 1. The number of para-hydroxylation sites is 1. The first-order valence-electron chi connectivity index (χ1n) is 5.17. The third-order valence-electron chi connectivity index (χ3n) is 2.45. The summed E-state index contributed by atoms with van der Waals surface area (Å²) in [5.74, 6) is 0. The number of benzene rings is 1. The van der Waals surface area contributed by atoms with Gasteiger partial charge in [0.1, 0.15) is 0 Å². The molecule has 2 aromatic rings. The summed E-state index contributed by atoms with van der Waals surface area (Å²) >= 11 is 0. The van der Waals surface area contributed by atoms with Gasteiger partial charge in [0.2, 0.25) is 0 Å². The average Bonchev–Trinajstić information content (AvgIpc) is 2.36. The minimum Gasteiger partial charge on any atom is -0.394 e. The van der Waals surface area contributed by atoms with Crippen LogP contribution in [0.1, 0.15) is 0 Å². The van der Waals surface area contributed by atoms with Gasteiger partial charge in [-0.2, -0.15) is 0 Å². The number of hydrogen-bond acceptors (Lipinski definition) is 4. The van der Waals surface area contributed by atoms with Crippen LogP contribution in [0.5, 0.6) is 0 Å². The van der Waals surface area contributed by atoms with Gasteiger partial charge in [0.15, 0.2) is 0 Å². The number of rotatable bonds is 4. The molecule has 0 aliphatic heterocycles. The zero-order valence-electron chi connectivity index (χ0n) is 8.80. The number of aromatic nitrogens is 1. The van der Waals surface area contributed by atoms with Gasteiger partial charge in [0.25, 0.3) is 0 Å². The number of aliphatic hydroxyl groups excluding tert-OH is 2. The Bertz CT molecular complexity index is 464. The molecular formula is C12H14N2O2. The fourth-order valence-corrected chi connectivity index (χ4v) is 1.59. The van der Waals surface area contributed by atoms with Crippen molar-refractivity contribution in [2.75, 3.05) is 18.5 Å². The highest BCUT2D eigenvalue weighted by molar-refractivity contribution is 5.90. The van der Waals surface area contributed by atoms with E-state index < -0.39 is 0 Å². The molecule has 2 rings (SSSR count). The quantitative estimate of drug-likeness (QED) is 0.716. The van der Waals surface area contributed by atoms with Gasteiger partial charge in [-0.15, -0.1) is 0 Å². The second kappa shape index (κ2) is 4.92.